The number of nitrogens with one attached hydrogen (secondary N) is 1. The standard InChI is InChI=1S/C22H26Cl2N2O4/c1-16(22(28)25-12-5-13-29-2)26(14-17-8-10-18(23)11-9-17)21(27)15-30-20-7-4-3-6-19(20)24/h3-4,6-11,16H,5,12-15H2,1-2H3,(H,25,28)/t16-/m0/s1. The number of hydrogen-bond acceptors (Lipinski definition) is 4. The van der Waals surface area contributed by atoms with Gasteiger partial charge in [-0.05, 0) is 43.2 Å². The predicted octanol–water partition coefficient (Wildman–Crippen LogP) is 3.94. The van der Waals surface area contributed by atoms with Crippen molar-refractivity contribution >= 4 is 35.0 Å². The molecule has 2 aromatic carbocycles. The van der Waals surface area contributed by atoms with Crippen molar-refractivity contribution in [2.75, 3.05) is 26.9 Å². The number of carbonyl (C=O) groups is 2. The van der Waals surface area contributed by atoms with Crippen molar-refractivity contribution in [3.05, 3.63) is 64.1 Å². The Balaban J connectivity index is 2.08. The second kappa shape index (κ2) is 12.4. The highest BCUT2D eigenvalue weighted by atomic mass is 35.5. The van der Waals surface area contributed by atoms with E-state index >= 15 is 0 Å². The summed E-state index contributed by atoms with van der Waals surface area (Å²) in [4.78, 5) is 27.0. The minimum absolute atomic E-state index is 0.237. The molecule has 30 heavy (non-hydrogen) atoms. The van der Waals surface area contributed by atoms with Gasteiger partial charge in [0.15, 0.2) is 6.61 Å². The van der Waals surface area contributed by atoms with Gasteiger partial charge in [0.2, 0.25) is 5.91 Å². The van der Waals surface area contributed by atoms with Gasteiger partial charge >= 0.3 is 0 Å². The first kappa shape index (κ1) is 24.0. The summed E-state index contributed by atoms with van der Waals surface area (Å²) in [5.74, 6) is -0.161. The van der Waals surface area contributed by atoms with Crippen molar-refractivity contribution in [1.82, 2.24) is 10.2 Å². The second-order valence-electron chi connectivity index (χ2n) is 6.68. The van der Waals surface area contributed by atoms with Gasteiger partial charge in [0.25, 0.3) is 5.91 Å². The first-order valence-electron chi connectivity index (χ1n) is 9.60. The summed E-state index contributed by atoms with van der Waals surface area (Å²) in [5.41, 5.74) is 0.851. The molecule has 0 aliphatic rings. The topological polar surface area (TPSA) is 67.9 Å². The highest BCUT2D eigenvalue weighted by Crippen LogP contribution is 2.23. The lowest BCUT2D eigenvalue weighted by Crippen LogP contribution is -2.49. The molecule has 0 saturated heterocycles. The van der Waals surface area contributed by atoms with Crippen LogP contribution in [0.15, 0.2) is 48.5 Å². The lowest BCUT2D eigenvalue weighted by atomic mass is 10.1. The fraction of sp³-hybridized carbons (Fsp3) is 0.364. The average molecular weight is 453 g/mol. The third-order valence-corrected chi connectivity index (χ3v) is 5.01. The number of benzene rings is 2. The quantitative estimate of drug-likeness (QED) is 0.524. The zero-order valence-corrected chi connectivity index (χ0v) is 18.6. The van der Waals surface area contributed by atoms with Crippen LogP contribution in [0.1, 0.15) is 18.9 Å². The molecule has 6 nitrogen and oxygen atoms in total. The van der Waals surface area contributed by atoms with Gasteiger partial charge in [-0.2, -0.15) is 0 Å². The zero-order valence-electron chi connectivity index (χ0n) is 17.1. The Bertz CT molecular complexity index is 830. The molecule has 2 amide bonds. The molecule has 0 spiro atoms. The van der Waals surface area contributed by atoms with Gasteiger partial charge in [0, 0.05) is 31.8 Å². The molecule has 0 unspecified atom stereocenters. The minimum atomic E-state index is -0.689. The number of nitrogens with zero attached hydrogens (tertiary/aromatic N) is 1. The smallest absolute Gasteiger partial charge is 0.261 e. The third kappa shape index (κ3) is 7.52. The summed E-state index contributed by atoms with van der Waals surface area (Å²) in [6.45, 7) is 2.71. The van der Waals surface area contributed by atoms with Crippen LogP contribution in [0.2, 0.25) is 10.0 Å². The van der Waals surface area contributed by atoms with E-state index in [1.807, 2.05) is 12.1 Å². The maximum atomic E-state index is 13.0. The summed E-state index contributed by atoms with van der Waals surface area (Å²) in [5, 5.41) is 3.85. The Morgan fingerprint density at radius 1 is 1.10 bits per heavy atom. The van der Waals surface area contributed by atoms with Crippen molar-refractivity contribution in [3.63, 3.8) is 0 Å². The highest BCUT2D eigenvalue weighted by molar-refractivity contribution is 6.32. The lowest BCUT2D eigenvalue weighted by molar-refractivity contribution is -0.142. The van der Waals surface area contributed by atoms with Crippen LogP contribution in [-0.2, 0) is 20.9 Å². The Morgan fingerprint density at radius 3 is 2.47 bits per heavy atom. The molecule has 0 heterocycles. The Labute approximate surface area is 187 Å². The number of ether oxygens (including phenoxy) is 2. The van der Waals surface area contributed by atoms with E-state index in [0.29, 0.717) is 35.4 Å². The van der Waals surface area contributed by atoms with Crippen LogP contribution >= 0.6 is 23.2 Å². The van der Waals surface area contributed by atoms with Crippen molar-refractivity contribution in [2.45, 2.75) is 25.9 Å². The maximum Gasteiger partial charge on any atom is 0.261 e. The van der Waals surface area contributed by atoms with Crippen molar-refractivity contribution in [3.8, 4) is 5.75 Å². The minimum Gasteiger partial charge on any atom is -0.482 e. The van der Waals surface area contributed by atoms with Crippen LogP contribution < -0.4 is 10.1 Å². The monoisotopic (exact) mass is 452 g/mol. The third-order valence-electron chi connectivity index (χ3n) is 4.45. The van der Waals surface area contributed by atoms with Crippen LogP contribution in [-0.4, -0.2) is 49.6 Å². The van der Waals surface area contributed by atoms with E-state index in [2.05, 4.69) is 5.32 Å². The molecule has 0 bridgehead atoms. The first-order valence-corrected chi connectivity index (χ1v) is 10.4. The van der Waals surface area contributed by atoms with Crippen LogP contribution in [0.4, 0.5) is 0 Å². The Kier molecular flexibility index (Phi) is 9.94. The second-order valence-corrected chi connectivity index (χ2v) is 7.52. The Hall–Kier alpha value is -2.28. The number of amides is 2. The van der Waals surface area contributed by atoms with Crippen molar-refractivity contribution in [1.29, 1.82) is 0 Å². The summed E-state index contributed by atoms with van der Waals surface area (Å²) >= 11 is 12.0. The van der Waals surface area contributed by atoms with Crippen molar-refractivity contribution in [2.24, 2.45) is 0 Å². The van der Waals surface area contributed by atoms with Crippen LogP contribution in [0, 0.1) is 0 Å². The molecule has 0 fully saturated rings. The first-order chi connectivity index (χ1) is 14.4. The molecule has 2 aromatic rings. The van der Waals surface area contributed by atoms with E-state index in [4.69, 9.17) is 32.7 Å². The van der Waals surface area contributed by atoms with Gasteiger partial charge in [0.05, 0.1) is 5.02 Å². The Morgan fingerprint density at radius 2 is 1.80 bits per heavy atom. The fourth-order valence-electron chi connectivity index (χ4n) is 2.73. The lowest BCUT2D eigenvalue weighted by Gasteiger charge is -2.29. The molecule has 0 radical (unpaired) electrons. The van der Waals surface area contributed by atoms with Crippen LogP contribution in [0.3, 0.4) is 0 Å². The molecule has 8 heteroatoms. The normalized spacial score (nSPS) is 11.6. The molecule has 1 atom stereocenters. The maximum absolute atomic E-state index is 13.0. The molecule has 0 saturated carbocycles. The van der Waals surface area contributed by atoms with Gasteiger partial charge in [0.1, 0.15) is 11.8 Å². The number of hydrogen-bond donors (Lipinski definition) is 1. The number of carbonyl (C=O) groups excluding carboxylic acids is 2. The molecule has 2 rings (SSSR count). The summed E-state index contributed by atoms with van der Waals surface area (Å²) in [7, 11) is 1.61. The summed E-state index contributed by atoms with van der Waals surface area (Å²) in [6.07, 6.45) is 0.690. The van der Waals surface area contributed by atoms with Gasteiger partial charge < -0.3 is 19.7 Å². The molecule has 162 valence electrons. The zero-order chi connectivity index (χ0) is 21.9. The van der Waals surface area contributed by atoms with E-state index in [0.717, 1.165) is 5.56 Å². The van der Waals surface area contributed by atoms with E-state index < -0.39 is 6.04 Å². The summed E-state index contributed by atoms with van der Waals surface area (Å²) in [6, 6.07) is 13.4. The van der Waals surface area contributed by atoms with E-state index in [1.54, 1.807) is 50.4 Å². The van der Waals surface area contributed by atoms with E-state index in [9.17, 15) is 9.59 Å². The van der Waals surface area contributed by atoms with E-state index in [-0.39, 0.29) is 25.0 Å². The molecule has 0 aliphatic carbocycles. The molecule has 0 aliphatic heterocycles. The molecular weight excluding hydrogens is 427 g/mol. The summed E-state index contributed by atoms with van der Waals surface area (Å²) < 4.78 is 10.6. The number of para-hydroxylation sites is 1. The molecule has 0 aromatic heterocycles. The predicted molar refractivity (Wildman–Crippen MR) is 118 cm³/mol. The van der Waals surface area contributed by atoms with Crippen molar-refractivity contribution < 1.29 is 19.1 Å². The van der Waals surface area contributed by atoms with Crippen LogP contribution in [0.25, 0.3) is 0 Å². The highest BCUT2D eigenvalue weighted by Gasteiger charge is 2.26. The SMILES string of the molecule is COCCCNC(=O)[C@H](C)N(Cc1ccc(Cl)cc1)C(=O)COc1ccccc1Cl. The molecule has 1 N–H and O–H groups in total. The van der Waals surface area contributed by atoms with E-state index in [1.165, 1.54) is 4.90 Å². The molecular formula is C22H26Cl2N2O4. The number of halogens is 2. The average Bonchev–Trinajstić information content (AvgIpc) is 2.75. The fourth-order valence-corrected chi connectivity index (χ4v) is 3.05. The van der Waals surface area contributed by atoms with Gasteiger partial charge in [-0.25, -0.2) is 0 Å². The number of rotatable bonds is 11. The van der Waals surface area contributed by atoms with Gasteiger partial charge in [-0.1, -0.05) is 47.5 Å². The number of methoxy groups -OCH3 is 1. The largest absolute Gasteiger partial charge is 0.482 e. The van der Waals surface area contributed by atoms with Gasteiger partial charge in [-0.3, -0.25) is 9.59 Å². The van der Waals surface area contributed by atoms with Gasteiger partial charge in [-0.15, -0.1) is 0 Å². The van der Waals surface area contributed by atoms with Crippen LogP contribution in [0.5, 0.6) is 5.75 Å².